The van der Waals surface area contributed by atoms with Crippen molar-refractivity contribution in [2.45, 2.75) is 39.2 Å². The summed E-state index contributed by atoms with van der Waals surface area (Å²) in [7, 11) is 0. The van der Waals surface area contributed by atoms with Crippen LogP contribution in [0.25, 0.3) is 6.08 Å². The largest absolute Gasteiger partial charge is 0.478 e. The van der Waals surface area contributed by atoms with Gasteiger partial charge < -0.3 is 10.0 Å². The van der Waals surface area contributed by atoms with Crippen LogP contribution >= 0.6 is 0 Å². The third-order valence-corrected chi connectivity index (χ3v) is 3.99. The molecule has 1 atom stereocenters. The zero-order chi connectivity index (χ0) is 15.4. The van der Waals surface area contributed by atoms with E-state index in [0.29, 0.717) is 5.56 Å². The molecule has 1 aliphatic heterocycles. The van der Waals surface area contributed by atoms with Gasteiger partial charge in [0.05, 0.1) is 0 Å². The number of rotatable bonds is 3. The summed E-state index contributed by atoms with van der Waals surface area (Å²) < 4.78 is 0. The molecular weight excluding hydrogens is 266 g/mol. The summed E-state index contributed by atoms with van der Waals surface area (Å²) in [5.41, 5.74) is 2.40. The Balaban J connectivity index is 2.19. The maximum atomic E-state index is 12.6. The molecule has 1 heterocycles. The molecular formula is C17H21NO3. The van der Waals surface area contributed by atoms with Crippen molar-refractivity contribution >= 4 is 18.0 Å². The van der Waals surface area contributed by atoms with Crippen LogP contribution in [0, 0.1) is 6.92 Å². The number of carboxylic acids is 1. The Labute approximate surface area is 125 Å². The predicted octanol–water partition coefficient (Wildman–Crippen LogP) is 3.11. The lowest BCUT2D eigenvalue weighted by atomic mass is 10.00. The second-order valence-electron chi connectivity index (χ2n) is 5.59. The fraction of sp³-hybridized carbons (Fsp3) is 0.412. The molecule has 0 radical (unpaired) electrons. The summed E-state index contributed by atoms with van der Waals surface area (Å²) in [6.07, 6.45) is 5.97. The third kappa shape index (κ3) is 3.72. The van der Waals surface area contributed by atoms with E-state index in [1.165, 1.54) is 6.42 Å². The number of aliphatic carboxylic acids is 1. The number of amides is 1. The number of benzene rings is 1. The van der Waals surface area contributed by atoms with Gasteiger partial charge in [0.2, 0.25) is 0 Å². The molecule has 1 unspecified atom stereocenters. The third-order valence-electron chi connectivity index (χ3n) is 3.99. The topological polar surface area (TPSA) is 57.6 Å². The number of nitrogens with zero attached hydrogens (tertiary/aromatic N) is 1. The molecule has 1 N–H and O–H groups in total. The molecule has 1 amide bonds. The summed E-state index contributed by atoms with van der Waals surface area (Å²) in [6.45, 7) is 4.80. The summed E-state index contributed by atoms with van der Waals surface area (Å²) in [5, 5.41) is 8.66. The van der Waals surface area contributed by atoms with E-state index in [1.807, 2.05) is 17.9 Å². The SMILES string of the molecule is Cc1cc(C(=O)N2CCCCC2C)ccc1/C=C/C(=O)O. The predicted molar refractivity (Wildman–Crippen MR) is 82.2 cm³/mol. The van der Waals surface area contributed by atoms with Crippen molar-refractivity contribution in [1.82, 2.24) is 4.90 Å². The molecule has 1 aromatic rings. The number of hydrogen-bond donors (Lipinski definition) is 1. The number of carbonyl (C=O) groups is 2. The fourth-order valence-corrected chi connectivity index (χ4v) is 2.72. The van der Waals surface area contributed by atoms with Crippen molar-refractivity contribution in [2.75, 3.05) is 6.54 Å². The summed E-state index contributed by atoms with van der Waals surface area (Å²) in [6, 6.07) is 5.71. The minimum absolute atomic E-state index is 0.0686. The molecule has 1 aromatic carbocycles. The molecule has 2 rings (SSSR count). The molecule has 1 fully saturated rings. The van der Waals surface area contributed by atoms with Crippen LogP contribution in [0.5, 0.6) is 0 Å². The van der Waals surface area contributed by atoms with Crippen LogP contribution in [0.15, 0.2) is 24.3 Å². The van der Waals surface area contributed by atoms with Crippen LogP contribution < -0.4 is 0 Å². The normalized spacial score (nSPS) is 19.0. The van der Waals surface area contributed by atoms with E-state index in [1.54, 1.807) is 18.2 Å². The van der Waals surface area contributed by atoms with Crippen LogP contribution in [0.3, 0.4) is 0 Å². The molecule has 1 saturated heterocycles. The van der Waals surface area contributed by atoms with Gasteiger partial charge in [-0.15, -0.1) is 0 Å². The highest BCUT2D eigenvalue weighted by Gasteiger charge is 2.24. The van der Waals surface area contributed by atoms with Gasteiger partial charge in [-0.3, -0.25) is 4.79 Å². The highest BCUT2D eigenvalue weighted by Crippen LogP contribution is 2.21. The molecule has 1 aliphatic rings. The highest BCUT2D eigenvalue weighted by atomic mass is 16.4. The van der Waals surface area contributed by atoms with E-state index < -0.39 is 5.97 Å². The smallest absolute Gasteiger partial charge is 0.328 e. The maximum Gasteiger partial charge on any atom is 0.328 e. The van der Waals surface area contributed by atoms with Gasteiger partial charge in [-0.25, -0.2) is 4.79 Å². The van der Waals surface area contributed by atoms with Crippen LogP contribution in [-0.2, 0) is 4.79 Å². The molecule has 4 heteroatoms. The summed E-state index contributed by atoms with van der Waals surface area (Å²) in [5.74, 6) is -0.907. The Kier molecular flexibility index (Phi) is 4.78. The van der Waals surface area contributed by atoms with Crippen molar-refractivity contribution in [2.24, 2.45) is 0 Å². The second kappa shape index (κ2) is 6.57. The minimum Gasteiger partial charge on any atom is -0.478 e. The zero-order valence-electron chi connectivity index (χ0n) is 12.5. The number of aryl methyl sites for hydroxylation is 1. The van der Waals surface area contributed by atoms with Gasteiger partial charge in [0.25, 0.3) is 5.91 Å². The second-order valence-corrected chi connectivity index (χ2v) is 5.59. The maximum absolute atomic E-state index is 12.6. The first kappa shape index (κ1) is 15.3. The Bertz CT molecular complexity index is 577. The van der Waals surface area contributed by atoms with Crippen LogP contribution in [0.4, 0.5) is 0 Å². The molecule has 0 saturated carbocycles. The van der Waals surface area contributed by atoms with E-state index in [0.717, 1.165) is 36.6 Å². The van der Waals surface area contributed by atoms with Gasteiger partial charge >= 0.3 is 5.97 Å². The first-order valence-electron chi connectivity index (χ1n) is 7.31. The molecule has 21 heavy (non-hydrogen) atoms. The fourth-order valence-electron chi connectivity index (χ4n) is 2.72. The quantitative estimate of drug-likeness (QED) is 0.869. The van der Waals surface area contributed by atoms with Gasteiger partial charge in [0, 0.05) is 24.2 Å². The summed E-state index contributed by atoms with van der Waals surface area (Å²) >= 11 is 0. The van der Waals surface area contributed by atoms with E-state index >= 15 is 0 Å². The van der Waals surface area contributed by atoms with Crippen LogP contribution in [-0.4, -0.2) is 34.5 Å². The minimum atomic E-state index is -0.975. The first-order chi connectivity index (χ1) is 9.99. The van der Waals surface area contributed by atoms with Crippen molar-refractivity contribution in [3.05, 3.63) is 41.0 Å². The zero-order valence-corrected chi connectivity index (χ0v) is 12.5. The van der Waals surface area contributed by atoms with Gasteiger partial charge in [-0.1, -0.05) is 6.07 Å². The Morgan fingerprint density at radius 3 is 2.71 bits per heavy atom. The van der Waals surface area contributed by atoms with E-state index in [-0.39, 0.29) is 11.9 Å². The van der Waals surface area contributed by atoms with Crippen LogP contribution in [0.2, 0.25) is 0 Å². The Hall–Kier alpha value is -2.10. The number of carboxylic acid groups (broad SMARTS) is 1. The monoisotopic (exact) mass is 287 g/mol. The summed E-state index contributed by atoms with van der Waals surface area (Å²) in [4.78, 5) is 25.0. The Morgan fingerprint density at radius 1 is 1.33 bits per heavy atom. The van der Waals surface area contributed by atoms with E-state index in [2.05, 4.69) is 6.92 Å². The highest BCUT2D eigenvalue weighted by molar-refractivity contribution is 5.95. The molecule has 112 valence electrons. The lowest BCUT2D eigenvalue weighted by molar-refractivity contribution is -0.131. The van der Waals surface area contributed by atoms with Gasteiger partial charge in [-0.2, -0.15) is 0 Å². The lowest BCUT2D eigenvalue weighted by Gasteiger charge is -2.33. The molecule has 0 spiro atoms. The number of hydrogen-bond acceptors (Lipinski definition) is 2. The first-order valence-corrected chi connectivity index (χ1v) is 7.31. The van der Waals surface area contributed by atoms with Crippen molar-refractivity contribution in [3.8, 4) is 0 Å². The lowest BCUT2D eigenvalue weighted by Crippen LogP contribution is -2.42. The number of carbonyl (C=O) groups excluding carboxylic acids is 1. The van der Waals surface area contributed by atoms with Gasteiger partial charge in [0.1, 0.15) is 0 Å². The van der Waals surface area contributed by atoms with Crippen molar-refractivity contribution < 1.29 is 14.7 Å². The molecule has 4 nitrogen and oxygen atoms in total. The van der Waals surface area contributed by atoms with E-state index in [4.69, 9.17) is 5.11 Å². The molecule has 0 aliphatic carbocycles. The Morgan fingerprint density at radius 2 is 2.10 bits per heavy atom. The van der Waals surface area contributed by atoms with Gasteiger partial charge in [0.15, 0.2) is 0 Å². The van der Waals surface area contributed by atoms with Crippen molar-refractivity contribution in [1.29, 1.82) is 0 Å². The standard InChI is InChI=1S/C17H21NO3/c1-12-11-15(7-6-14(12)8-9-16(19)20)17(21)18-10-4-3-5-13(18)2/h6-9,11,13H,3-5,10H2,1-2H3,(H,19,20)/b9-8+. The van der Waals surface area contributed by atoms with E-state index in [9.17, 15) is 9.59 Å². The molecule has 0 aromatic heterocycles. The number of piperidine rings is 1. The molecule has 0 bridgehead atoms. The van der Waals surface area contributed by atoms with Crippen LogP contribution in [0.1, 0.15) is 47.7 Å². The van der Waals surface area contributed by atoms with Crippen molar-refractivity contribution in [3.63, 3.8) is 0 Å². The van der Waals surface area contributed by atoms with Gasteiger partial charge in [-0.05, 0) is 62.4 Å². The average Bonchev–Trinajstić information content (AvgIpc) is 2.45. The average molecular weight is 287 g/mol. The number of likely N-dealkylation sites (tertiary alicyclic amines) is 1.